The quantitative estimate of drug-likeness (QED) is 0.764. The van der Waals surface area contributed by atoms with Crippen LogP contribution in [0.1, 0.15) is 57.6 Å². The van der Waals surface area contributed by atoms with Crippen molar-refractivity contribution in [3.63, 3.8) is 0 Å². The standard InChI is InChI=1S/C15H24N4/c1-4-7-15-16-9-11-18(15)12-13-8-10-19(17-13)14(5-2)6-3/h8-11,14H,4-7,12H2,1-3H3. The van der Waals surface area contributed by atoms with E-state index in [4.69, 9.17) is 5.10 Å². The van der Waals surface area contributed by atoms with E-state index in [0.29, 0.717) is 6.04 Å². The van der Waals surface area contributed by atoms with E-state index in [0.717, 1.165) is 43.7 Å². The lowest BCUT2D eigenvalue weighted by atomic mass is 10.2. The summed E-state index contributed by atoms with van der Waals surface area (Å²) < 4.78 is 4.30. The normalized spacial score (nSPS) is 11.4. The van der Waals surface area contributed by atoms with Crippen LogP contribution in [0.5, 0.6) is 0 Å². The maximum Gasteiger partial charge on any atom is 0.108 e. The van der Waals surface area contributed by atoms with Gasteiger partial charge in [-0.05, 0) is 25.3 Å². The van der Waals surface area contributed by atoms with Gasteiger partial charge in [0.1, 0.15) is 5.82 Å². The minimum absolute atomic E-state index is 0.520. The van der Waals surface area contributed by atoms with Crippen molar-refractivity contribution in [1.82, 2.24) is 19.3 Å². The summed E-state index contributed by atoms with van der Waals surface area (Å²) in [4.78, 5) is 4.40. The second-order valence-electron chi connectivity index (χ2n) is 4.98. The zero-order valence-corrected chi connectivity index (χ0v) is 12.2. The van der Waals surface area contributed by atoms with Crippen molar-refractivity contribution in [2.24, 2.45) is 0 Å². The molecule has 4 heteroatoms. The number of hydrogen-bond donors (Lipinski definition) is 0. The first-order valence-corrected chi connectivity index (χ1v) is 7.32. The van der Waals surface area contributed by atoms with Gasteiger partial charge in [0.05, 0.1) is 18.3 Å². The Balaban J connectivity index is 2.09. The van der Waals surface area contributed by atoms with Crippen LogP contribution in [0.15, 0.2) is 24.7 Å². The predicted octanol–water partition coefficient (Wildman–Crippen LogP) is 3.44. The average Bonchev–Trinajstić information content (AvgIpc) is 3.03. The SMILES string of the molecule is CCCc1nccn1Cc1ccn(C(CC)CC)n1. The van der Waals surface area contributed by atoms with Crippen LogP contribution in [0.25, 0.3) is 0 Å². The molecule has 0 saturated carbocycles. The van der Waals surface area contributed by atoms with E-state index in [1.165, 1.54) is 0 Å². The van der Waals surface area contributed by atoms with E-state index in [9.17, 15) is 0 Å². The molecule has 2 aromatic rings. The van der Waals surface area contributed by atoms with Crippen molar-refractivity contribution in [2.75, 3.05) is 0 Å². The van der Waals surface area contributed by atoms with Gasteiger partial charge in [-0.15, -0.1) is 0 Å². The Morgan fingerprint density at radius 2 is 1.95 bits per heavy atom. The van der Waals surface area contributed by atoms with E-state index < -0.39 is 0 Å². The summed E-state index contributed by atoms with van der Waals surface area (Å²) >= 11 is 0. The molecule has 0 aromatic carbocycles. The molecule has 0 N–H and O–H groups in total. The molecule has 0 saturated heterocycles. The molecule has 0 fully saturated rings. The topological polar surface area (TPSA) is 35.6 Å². The van der Waals surface area contributed by atoms with Gasteiger partial charge in [-0.25, -0.2) is 4.98 Å². The van der Waals surface area contributed by atoms with Crippen molar-refractivity contribution < 1.29 is 0 Å². The molecule has 4 nitrogen and oxygen atoms in total. The van der Waals surface area contributed by atoms with Crippen molar-refractivity contribution >= 4 is 0 Å². The first kappa shape index (κ1) is 13.8. The largest absolute Gasteiger partial charge is 0.329 e. The van der Waals surface area contributed by atoms with Crippen molar-refractivity contribution in [3.05, 3.63) is 36.2 Å². The first-order chi connectivity index (χ1) is 9.28. The number of aromatic nitrogens is 4. The highest BCUT2D eigenvalue weighted by molar-refractivity contribution is 5.04. The lowest BCUT2D eigenvalue weighted by Gasteiger charge is -2.12. The molecule has 0 atom stereocenters. The molecule has 104 valence electrons. The van der Waals surface area contributed by atoms with Gasteiger partial charge >= 0.3 is 0 Å². The Labute approximate surface area is 115 Å². The van der Waals surface area contributed by atoms with E-state index in [1.54, 1.807) is 0 Å². The lowest BCUT2D eigenvalue weighted by Crippen LogP contribution is -2.09. The monoisotopic (exact) mass is 260 g/mol. The fourth-order valence-corrected chi connectivity index (χ4v) is 2.44. The highest BCUT2D eigenvalue weighted by Gasteiger charge is 2.09. The third kappa shape index (κ3) is 3.25. The summed E-state index contributed by atoms with van der Waals surface area (Å²) in [7, 11) is 0. The molecule has 0 radical (unpaired) electrons. The van der Waals surface area contributed by atoms with Gasteiger partial charge in [-0.2, -0.15) is 5.10 Å². The lowest BCUT2D eigenvalue weighted by molar-refractivity contribution is 0.424. The molecule has 0 bridgehead atoms. The fraction of sp³-hybridized carbons (Fsp3) is 0.600. The van der Waals surface area contributed by atoms with Gasteiger partial charge < -0.3 is 4.57 Å². The summed E-state index contributed by atoms with van der Waals surface area (Å²) in [5.41, 5.74) is 1.11. The van der Waals surface area contributed by atoms with Gasteiger partial charge in [0.15, 0.2) is 0 Å². The maximum atomic E-state index is 4.70. The van der Waals surface area contributed by atoms with Crippen LogP contribution in [0.2, 0.25) is 0 Å². The van der Waals surface area contributed by atoms with E-state index in [2.05, 4.69) is 47.3 Å². The molecule has 2 rings (SSSR count). The molecule has 0 aliphatic rings. The second kappa shape index (κ2) is 6.55. The summed E-state index contributed by atoms with van der Waals surface area (Å²) in [6, 6.07) is 2.64. The molecular formula is C15H24N4. The molecule has 0 aliphatic carbocycles. The van der Waals surface area contributed by atoms with Crippen LogP contribution in [-0.2, 0) is 13.0 Å². The van der Waals surface area contributed by atoms with Gasteiger partial charge in [-0.3, -0.25) is 4.68 Å². The summed E-state index contributed by atoms with van der Waals surface area (Å²) in [6.07, 6.45) is 10.4. The molecule has 0 spiro atoms. The second-order valence-corrected chi connectivity index (χ2v) is 4.98. The van der Waals surface area contributed by atoms with Crippen molar-refractivity contribution in [3.8, 4) is 0 Å². The number of rotatable bonds is 7. The molecular weight excluding hydrogens is 236 g/mol. The minimum Gasteiger partial charge on any atom is -0.329 e. The minimum atomic E-state index is 0.520. The third-order valence-electron chi connectivity index (χ3n) is 3.59. The van der Waals surface area contributed by atoms with Gasteiger partial charge in [0.25, 0.3) is 0 Å². The zero-order valence-electron chi connectivity index (χ0n) is 12.2. The predicted molar refractivity (Wildman–Crippen MR) is 77.2 cm³/mol. The summed E-state index contributed by atoms with van der Waals surface area (Å²) in [5.74, 6) is 1.15. The summed E-state index contributed by atoms with van der Waals surface area (Å²) in [5, 5.41) is 4.70. The molecule has 0 amide bonds. The van der Waals surface area contributed by atoms with Crippen LogP contribution in [0.3, 0.4) is 0 Å². The molecule has 2 aromatic heterocycles. The van der Waals surface area contributed by atoms with Crippen LogP contribution in [-0.4, -0.2) is 19.3 Å². The van der Waals surface area contributed by atoms with Crippen LogP contribution in [0, 0.1) is 0 Å². The highest BCUT2D eigenvalue weighted by atomic mass is 15.3. The first-order valence-electron chi connectivity index (χ1n) is 7.32. The van der Waals surface area contributed by atoms with Crippen LogP contribution >= 0.6 is 0 Å². The van der Waals surface area contributed by atoms with Gasteiger partial charge in [0, 0.05) is 25.0 Å². The Kier molecular flexibility index (Phi) is 4.77. The maximum absolute atomic E-state index is 4.70. The Bertz CT molecular complexity index is 494. The zero-order chi connectivity index (χ0) is 13.7. The number of aryl methyl sites for hydroxylation is 1. The molecule has 19 heavy (non-hydrogen) atoms. The van der Waals surface area contributed by atoms with Crippen molar-refractivity contribution in [1.29, 1.82) is 0 Å². The summed E-state index contributed by atoms with van der Waals surface area (Å²) in [6.45, 7) is 7.43. The van der Waals surface area contributed by atoms with E-state index in [1.807, 2.05) is 12.4 Å². The highest BCUT2D eigenvalue weighted by Crippen LogP contribution is 2.15. The Hall–Kier alpha value is -1.58. The van der Waals surface area contributed by atoms with Crippen LogP contribution < -0.4 is 0 Å². The van der Waals surface area contributed by atoms with Crippen molar-refractivity contribution in [2.45, 2.75) is 59.0 Å². The van der Waals surface area contributed by atoms with Gasteiger partial charge in [-0.1, -0.05) is 20.8 Å². The fourth-order valence-electron chi connectivity index (χ4n) is 2.44. The number of hydrogen-bond acceptors (Lipinski definition) is 2. The van der Waals surface area contributed by atoms with Gasteiger partial charge in [0.2, 0.25) is 0 Å². The molecule has 0 aliphatic heterocycles. The third-order valence-corrected chi connectivity index (χ3v) is 3.59. The number of imidazole rings is 1. The Morgan fingerprint density at radius 3 is 2.63 bits per heavy atom. The van der Waals surface area contributed by atoms with E-state index in [-0.39, 0.29) is 0 Å². The average molecular weight is 260 g/mol. The molecule has 2 heterocycles. The molecule has 0 unspecified atom stereocenters. The smallest absolute Gasteiger partial charge is 0.108 e. The Morgan fingerprint density at radius 1 is 1.16 bits per heavy atom. The number of nitrogens with zero attached hydrogens (tertiary/aromatic N) is 4. The van der Waals surface area contributed by atoms with Crippen LogP contribution in [0.4, 0.5) is 0 Å². The van der Waals surface area contributed by atoms with E-state index >= 15 is 0 Å².